The molecule has 0 radical (unpaired) electrons. The molecule has 0 atom stereocenters. The summed E-state index contributed by atoms with van der Waals surface area (Å²) in [6.07, 6.45) is 0. The highest BCUT2D eigenvalue weighted by atomic mass is 28.3. The van der Waals surface area contributed by atoms with E-state index in [9.17, 15) is 0 Å². The largest absolute Gasteiger partial charge is 0.496 e. The minimum atomic E-state index is -0.568. The van der Waals surface area contributed by atoms with Gasteiger partial charge in [0, 0.05) is 8.80 Å². The van der Waals surface area contributed by atoms with Crippen molar-refractivity contribution < 1.29 is 4.74 Å². The van der Waals surface area contributed by atoms with Crippen LogP contribution in [0.5, 0.6) is 5.75 Å². The van der Waals surface area contributed by atoms with E-state index in [1.807, 2.05) is 0 Å². The molecular formula is C12H20OSi. The van der Waals surface area contributed by atoms with Gasteiger partial charge < -0.3 is 4.74 Å². The third-order valence-electron chi connectivity index (χ3n) is 2.51. The Morgan fingerprint density at radius 3 is 2.21 bits per heavy atom. The number of methoxy groups -OCH3 is 1. The van der Waals surface area contributed by atoms with Crippen LogP contribution in [0.3, 0.4) is 0 Å². The first-order chi connectivity index (χ1) is 6.56. The lowest BCUT2D eigenvalue weighted by atomic mass is 10.1. The number of ether oxygens (including phenoxy) is 1. The van der Waals surface area contributed by atoms with E-state index in [2.05, 4.69) is 39.1 Å². The summed E-state index contributed by atoms with van der Waals surface area (Å²) in [5.74, 6) is 1.10. The summed E-state index contributed by atoms with van der Waals surface area (Å²) < 4.78 is 5.48. The van der Waals surface area contributed by atoms with Crippen LogP contribution in [0.25, 0.3) is 0 Å². The second-order valence-corrected chi connectivity index (χ2v) is 7.51. The Hall–Kier alpha value is -0.763. The van der Waals surface area contributed by atoms with E-state index in [0.717, 1.165) is 5.75 Å². The molecule has 1 aromatic rings. The fourth-order valence-electron chi connectivity index (χ4n) is 1.79. The van der Waals surface area contributed by atoms with Gasteiger partial charge in [-0.3, -0.25) is 0 Å². The maximum atomic E-state index is 5.48. The first-order valence-corrected chi connectivity index (χ1v) is 8.32. The molecule has 0 saturated carbocycles. The highest BCUT2D eigenvalue weighted by molar-refractivity contribution is 6.55. The Bertz CT molecular complexity index is 318. The predicted octanol–water partition coefficient (Wildman–Crippen LogP) is 2.88. The van der Waals surface area contributed by atoms with Crippen molar-refractivity contribution in [3.63, 3.8) is 0 Å². The molecule has 0 N–H and O–H groups in total. The Morgan fingerprint density at radius 1 is 1.14 bits per heavy atom. The van der Waals surface area contributed by atoms with Crippen LogP contribution in [0, 0.1) is 13.8 Å². The van der Waals surface area contributed by atoms with Gasteiger partial charge in [-0.15, -0.1) is 0 Å². The molecule has 0 unspecified atom stereocenters. The smallest absolute Gasteiger partial charge is 0.124 e. The molecule has 0 aromatic heterocycles. The second kappa shape index (κ2) is 4.65. The highest BCUT2D eigenvalue weighted by Crippen LogP contribution is 2.27. The van der Waals surface area contributed by atoms with Crippen molar-refractivity contribution in [2.45, 2.75) is 33.0 Å². The van der Waals surface area contributed by atoms with E-state index in [1.165, 1.54) is 22.7 Å². The van der Waals surface area contributed by atoms with Crippen LogP contribution < -0.4 is 4.74 Å². The molecule has 0 fully saturated rings. The van der Waals surface area contributed by atoms with Crippen LogP contribution in [0.2, 0.25) is 13.1 Å². The molecule has 1 nitrogen and oxygen atoms in total. The van der Waals surface area contributed by atoms with Crippen molar-refractivity contribution in [1.29, 1.82) is 0 Å². The van der Waals surface area contributed by atoms with Crippen molar-refractivity contribution in [3.8, 4) is 5.75 Å². The zero-order valence-electron chi connectivity index (χ0n) is 9.85. The molecular weight excluding hydrogens is 188 g/mol. The zero-order chi connectivity index (χ0) is 10.7. The van der Waals surface area contributed by atoms with Crippen molar-refractivity contribution in [3.05, 3.63) is 28.8 Å². The number of hydrogen-bond acceptors (Lipinski definition) is 1. The lowest BCUT2D eigenvalue weighted by molar-refractivity contribution is 0.407. The molecule has 0 amide bonds. The fraction of sp³-hybridized carbons (Fsp3) is 0.500. The standard InChI is InChI=1S/C12H20OSi/c1-9-6-7-10(2)12(13-3)11(9)8-14(4)5/h6-7,14H,8H2,1-5H3. The Kier molecular flexibility index (Phi) is 3.75. The van der Waals surface area contributed by atoms with Crippen molar-refractivity contribution in [2.24, 2.45) is 0 Å². The molecule has 0 aliphatic rings. The van der Waals surface area contributed by atoms with E-state index >= 15 is 0 Å². The molecule has 0 aliphatic heterocycles. The Balaban J connectivity index is 3.16. The maximum Gasteiger partial charge on any atom is 0.124 e. The zero-order valence-corrected chi connectivity index (χ0v) is 11.0. The topological polar surface area (TPSA) is 9.23 Å². The summed E-state index contributed by atoms with van der Waals surface area (Å²) in [5, 5.41) is 0. The SMILES string of the molecule is COc1c(C)ccc(C)c1C[SiH](C)C. The van der Waals surface area contributed by atoms with Gasteiger partial charge in [0.15, 0.2) is 0 Å². The number of benzene rings is 1. The van der Waals surface area contributed by atoms with Gasteiger partial charge in [-0.2, -0.15) is 0 Å². The lowest BCUT2D eigenvalue weighted by Crippen LogP contribution is -2.09. The van der Waals surface area contributed by atoms with Gasteiger partial charge in [-0.05, 0) is 36.6 Å². The van der Waals surface area contributed by atoms with Crippen LogP contribution in [0.15, 0.2) is 12.1 Å². The summed E-state index contributed by atoms with van der Waals surface area (Å²) in [7, 11) is 1.20. The van der Waals surface area contributed by atoms with Crippen LogP contribution in [0.4, 0.5) is 0 Å². The Morgan fingerprint density at radius 2 is 1.71 bits per heavy atom. The molecule has 78 valence electrons. The van der Waals surface area contributed by atoms with Gasteiger partial charge >= 0.3 is 0 Å². The molecule has 1 aromatic carbocycles. The monoisotopic (exact) mass is 208 g/mol. The van der Waals surface area contributed by atoms with E-state index < -0.39 is 8.80 Å². The van der Waals surface area contributed by atoms with Crippen LogP contribution in [-0.4, -0.2) is 15.9 Å². The summed E-state index contributed by atoms with van der Waals surface area (Å²) in [5.41, 5.74) is 4.05. The quantitative estimate of drug-likeness (QED) is 0.694. The molecule has 0 spiro atoms. The van der Waals surface area contributed by atoms with Crippen molar-refractivity contribution in [2.75, 3.05) is 7.11 Å². The summed E-state index contributed by atoms with van der Waals surface area (Å²) in [6, 6.07) is 5.57. The van der Waals surface area contributed by atoms with Crippen molar-refractivity contribution >= 4 is 8.80 Å². The Labute approximate surface area is 88.7 Å². The fourth-order valence-corrected chi connectivity index (χ4v) is 3.11. The van der Waals surface area contributed by atoms with Crippen LogP contribution in [-0.2, 0) is 6.04 Å². The lowest BCUT2D eigenvalue weighted by Gasteiger charge is -2.15. The molecule has 0 aliphatic carbocycles. The first kappa shape index (κ1) is 11.3. The summed E-state index contributed by atoms with van der Waals surface area (Å²) in [4.78, 5) is 0. The van der Waals surface area contributed by atoms with E-state index in [0.29, 0.717) is 0 Å². The predicted molar refractivity (Wildman–Crippen MR) is 65.0 cm³/mol. The van der Waals surface area contributed by atoms with E-state index in [4.69, 9.17) is 4.74 Å². The van der Waals surface area contributed by atoms with Gasteiger partial charge in [0.05, 0.1) is 7.11 Å². The van der Waals surface area contributed by atoms with E-state index in [1.54, 1.807) is 7.11 Å². The molecule has 2 heteroatoms. The van der Waals surface area contributed by atoms with Crippen LogP contribution >= 0.6 is 0 Å². The number of rotatable bonds is 3. The second-order valence-electron chi connectivity index (χ2n) is 4.31. The minimum Gasteiger partial charge on any atom is -0.496 e. The number of aryl methyl sites for hydroxylation is 2. The molecule has 14 heavy (non-hydrogen) atoms. The molecule has 0 bridgehead atoms. The summed E-state index contributed by atoms with van der Waals surface area (Å²) in [6.45, 7) is 9.04. The molecule has 1 rings (SSSR count). The van der Waals surface area contributed by atoms with Crippen LogP contribution in [0.1, 0.15) is 16.7 Å². The van der Waals surface area contributed by atoms with Gasteiger partial charge in [0.25, 0.3) is 0 Å². The average molecular weight is 208 g/mol. The van der Waals surface area contributed by atoms with E-state index in [-0.39, 0.29) is 0 Å². The number of hydrogen-bond donors (Lipinski definition) is 0. The normalized spacial score (nSPS) is 10.7. The van der Waals surface area contributed by atoms with Crippen molar-refractivity contribution in [1.82, 2.24) is 0 Å². The van der Waals surface area contributed by atoms with Gasteiger partial charge in [-0.1, -0.05) is 25.2 Å². The molecule has 0 heterocycles. The van der Waals surface area contributed by atoms with Gasteiger partial charge in [-0.25, -0.2) is 0 Å². The maximum absolute atomic E-state index is 5.48. The first-order valence-electron chi connectivity index (χ1n) is 5.19. The third-order valence-corrected chi connectivity index (χ3v) is 3.73. The highest BCUT2D eigenvalue weighted by Gasteiger charge is 2.10. The molecule has 0 saturated heterocycles. The summed E-state index contributed by atoms with van der Waals surface area (Å²) >= 11 is 0. The minimum absolute atomic E-state index is 0.568. The third kappa shape index (κ3) is 2.38. The average Bonchev–Trinajstić information content (AvgIpc) is 2.11. The van der Waals surface area contributed by atoms with Gasteiger partial charge in [0.1, 0.15) is 5.75 Å². The van der Waals surface area contributed by atoms with Gasteiger partial charge in [0.2, 0.25) is 0 Å².